The van der Waals surface area contributed by atoms with Crippen molar-refractivity contribution in [2.24, 2.45) is 5.11 Å². The summed E-state index contributed by atoms with van der Waals surface area (Å²) in [5, 5.41) is 3.58. The molecule has 0 bridgehead atoms. The maximum atomic E-state index is 13.7. The normalized spacial score (nSPS) is 22.9. The molecule has 2 aliphatic rings. The number of rotatable bonds is 15. The average Bonchev–Trinajstić information content (AvgIpc) is 3.32. The number of aryl methyl sites for hydroxylation is 6. The van der Waals surface area contributed by atoms with Crippen LogP contribution in [0, 0.1) is 41.5 Å². The molecule has 0 spiro atoms. The first kappa shape index (κ1) is 37.4. The number of carbonyl (C=O) groups excluding carboxylic acids is 2. The Hall–Kier alpha value is -3.47. The van der Waals surface area contributed by atoms with Crippen LogP contribution < -0.4 is 0 Å². The standard InChI is InChI=1S/C37H51N3O8/c1-22-17-24(3)29(25(4)18-22)34(41)44-21-28-31-32(48-37(7,8)47-31)33(46-35(42)30-26(5)19-23(2)20-27(30)6)36(45-28)43-16-14-12-10-9-11-13-15-39-40-38/h17-20,28,31-33,36H,9-16,21H2,1-8H3/t28-,31+,32+,33-,36-/m1/s1. The number of nitrogens with zero attached hydrogens (tertiary/aromatic N) is 3. The van der Waals surface area contributed by atoms with E-state index in [1.165, 1.54) is 0 Å². The van der Waals surface area contributed by atoms with Crippen LogP contribution in [0.1, 0.15) is 106 Å². The number of carbonyl (C=O) groups is 2. The third-order valence-electron chi connectivity index (χ3n) is 8.81. The maximum Gasteiger partial charge on any atom is 0.339 e. The average molecular weight is 666 g/mol. The second kappa shape index (κ2) is 16.8. The van der Waals surface area contributed by atoms with Gasteiger partial charge in [-0.25, -0.2) is 9.59 Å². The van der Waals surface area contributed by atoms with Gasteiger partial charge in [-0.2, -0.15) is 0 Å². The third kappa shape index (κ3) is 9.57. The number of azide groups is 1. The van der Waals surface area contributed by atoms with Crippen molar-refractivity contribution in [3.8, 4) is 0 Å². The van der Waals surface area contributed by atoms with Gasteiger partial charge in [-0.1, -0.05) is 66.2 Å². The number of esters is 2. The van der Waals surface area contributed by atoms with Gasteiger partial charge in [0.25, 0.3) is 0 Å². The number of hydrogen-bond donors (Lipinski definition) is 0. The molecule has 2 fully saturated rings. The molecule has 0 aromatic heterocycles. The summed E-state index contributed by atoms with van der Waals surface area (Å²) in [5.74, 6) is -1.94. The number of benzene rings is 2. The summed E-state index contributed by atoms with van der Waals surface area (Å²) in [4.78, 5) is 29.8. The molecule has 0 N–H and O–H groups in total. The molecule has 48 heavy (non-hydrogen) atoms. The van der Waals surface area contributed by atoms with E-state index in [0.717, 1.165) is 71.9 Å². The summed E-state index contributed by atoms with van der Waals surface area (Å²) >= 11 is 0. The Kier molecular flexibility index (Phi) is 13.0. The Bertz CT molecular complexity index is 1460. The fraction of sp³-hybridized carbons (Fsp3) is 0.622. The minimum atomic E-state index is -1.00. The molecule has 11 nitrogen and oxygen atoms in total. The van der Waals surface area contributed by atoms with Crippen LogP contribution in [0.15, 0.2) is 29.4 Å². The Morgan fingerprint density at radius 1 is 0.792 bits per heavy atom. The van der Waals surface area contributed by atoms with E-state index in [9.17, 15) is 9.59 Å². The van der Waals surface area contributed by atoms with Crippen molar-refractivity contribution in [3.05, 3.63) is 79.2 Å². The van der Waals surface area contributed by atoms with Crippen molar-refractivity contribution in [1.29, 1.82) is 0 Å². The van der Waals surface area contributed by atoms with Gasteiger partial charge in [0.1, 0.15) is 24.9 Å². The Labute approximate surface area is 284 Å². The van der Waals surface area contributed by atoms with Gasteiger partial charge in [0.2, 0.25) is 0 Å². The van der Waals surface area contributed by atoms with Crippen LogP contribution in [-0.2, 0) is 28.4 Å². The lowest BCUT2D eigenvalue weighted by molar-refractivity contribution is -0.281. The summed E-state index contributed by atoms with van der Waals surface area (Å²) in [6.07, 6.45) is 1.59. The van der Waals surface area contributed by atoms with Gasteiger partial charge < -0.3 is 28.4 Å². The minimum Gasteiger partial charge on any atom is -0.459 e. The molecule has 0 amide bonds. The smallest absolute Gasteiger partial charge is 0.339 e. The first-order chi connectivity index (χ1) is 22.8. The molecule has 0 unspecified atom stereocenters. The highest BCUT2D eigenvalue weighted by atomic mass is 16.8. The Morgan fingerprint density at radius 2 is 1.31 bits per heavy atom. The van der Waals surface area contributed by atoms with Crippen LogP contribution in [0.4, 0.5) is 0 Å². The van der Waals surface area contributed by atoms with E-state index in [2.05, 4.69) is 10.0 Å². The maximum absolute atomic E-state index is 13.7. The van der Waals surface area contributed by atoms with Crippen molar-refractivity contribution in [2.45, 2.75) is 130 Å². The highest BCUT2D eigenvalue weighted by Crippen LogP contribution is 2.40. The fourth-order valence-corrected chi connectivity index (χ4v) is 6.88. The van der Waals surface area contributed by atoms with Crippen molar-refractivity contribution >= 4 is 11.9 Å². The van der Waals surface area contributed by atoms with Crippen LogP contribution in [-0.4, -0.2) is 68.2 Å². The molecule has 2 aliphatic heterocycles. The lowest BCUT2D eigenvalue weighted by atomic mass is 9.97. The SMILES string of the molecule is Cc1cc(C)c(C(=O)OC[C@H]2O[C@@H](OCCCCCCCCN=[N+]=[N-])[C@H](OC(=O)c3c(C)cc(C)cc3C)[C@H]3OC(C)(C)O[C@H]32)c(C)c1. The molecule has 11 heteroatoms. The largest absolute Gasteiger partial charge is 0.459 e. The zero-order valence-corrected chi connectivity index (χ0v) is 29.7. The summed E-state index contributed by atoms with van der Waals surface area (Å²) in [6, 6.07) is 7.82. The molecule has 0 aliphatic carbocycles. The van der Waals surface area contributed by atoms with Gasteiger partial charge in [-0.15, -0.1) is 0 Å². The predicted molar refractivity (Wildman–Crippen MR) is 181 cm³/mol. The van der Waals surface area contributed by atoms with Gasteiger partial charge in [0.05, 0.1) is 11.1 Å². The molecule has 4 rings (SSSR count). The van der Waals surface area contributed by atoms with Crippen LogP contribution in [0.25, 0.3) is 10.4 Å². The lowest BCUT2D eigenvalue weighted by Crippen LogP contribution is -2.59. The molecule has 2 saturated heterocycles. The number of hydrogen-bond acceptors (Lipinski definition) is 9. The molecule has 262 valence electrons. The molecule has 0 radical (unpaired) electrons. The van der Waals surface area contributed by atoms with Crippen molar-refractivity contribution in [1.82, 2.24) is 0 Å². The summed E-state index contributed by atoms with van der Waals surface area (Å²) < 4.78 is 37.4. The van der Waals surface area contributed by atoms with Crippen molar-refractivity contribution < 1.29 is 38.0 Å². The van der Waals surface area contributed by atoms with Gasteiger partial charge >= 0.3 is 11.9 Å². The zero-order valence-electron chi connectivity index (χ0n) is 29.7. The van der Waals surface area contributed by atoms with E-state index in [1.54, 1.807) is 13.8 Å². The van der Waals surface area contributed by atoms with Crippen LogP contribution in [0.2, 0.25) is 0 Å². The highest BCUT2D eigenvalue weighted by molar-refractivity contribution is 5.93. The van der Waals surface area contributed by atoms with Crippen molar-refractivity contribution in [3.63, 3.8) is 0 Å². The monoisotopic (exact) mass is 665 g/mol. The van der Waals surface area contributed by atoms with Gasteiger partial charge in [-0.3, -0.25) is 0 Å². The van der Waals surface area contributed by atoms with Crippen LogP contribution in [0.3, 0.4) is 0 Å². The highest BCUT2D eigenvalue weighted by Gasteiger charge is 2.57. The van der Waals surface area contributed by atoms with E-state index in [0.29, 0.717) is 24.3 Å². The molecule has 0 saturated carbocycles. The van der Waals surface area contributed by atoms with E-state index in [4.69, 9.17) is 34.0 Å². The molecule has 2 aromatic rings. The topological polar surface area (TPSA) is 138 Å². The van der Waals surface area contributed by atoms with E-state index >= 15 is 0 Å². The fourth-order valence-electron chi connectivity index (χ4n) is 6.88. The molecule has 5 atom stereocenters. The molecular weight excluding hydrogens is 614 g/mol. The van der Waals surface area contributed by atoms with E-state index < -0.39 is 48.4 Å². The molecule has 2 heterocycles. The molecular formula is C37H51N3O8. The number of fused-ring (bicyclic) bond motifs is 1. The summed E-state index contributed by atoms with van der Waals surface area (Å²) in [6.45, 7) is 15.9. The second-order valence-electron chi connectivity index (χ2n) is 13.6. The minimum absolute atomic E-state index is 0.0985. The first-order valence-electron chi connectivity index (χ1n) is 17.0. The van der Waals surface area contributed by atoms with Crippen LogP contribution in [0.5, 0.6) is 0 Å². The van der Waals surface area contributed by atoms with Crippen LogP contribution >= 0.6 is 0 Å². The summed E-state index contributed by atoms with van der Waals surface area (Å²) in [7, 11) is 0. The first-order valence-corrected chi connectivity index (χ1v) is 17.0. The Morgan fingerprint density at radius 3 is 1.90 bits per heavy atom. The number of unbranched alkanes of at least 4 members (excludes halogenated alkanes) is 5. The van der Waals surface area contributed by atoms with E-state index in [-0.39, 0.29) is 6.61 Å². The quantitative estimate of drug-likeness (QED) is 0.0617. The lowest BCUT2D eigenvalue weighted by Gasteiger charge is -2.41. The van der Waals surface area contributed by atoms with Gasteiger partial charge in [0.15, 0.2) is 18.2 Å². The Balaban J connectivity index is 1.50. The predicted octanol–water partition coefficient (Wildman–Crippen LogP) is 7.83. The van der Waals surface area contributed by atoms with Gasteiger partial charge in [0, 0.05) is 18.1 Å². The second-order valence-corrected chi connectivity index (χ2v) is 13.6. The zero-order chi connectivity index (χ0) is 35.0. The van der Waals surface area contributed by atoms with Crippen molar-refractivity contribution in [2.75, 3.05) is 19.8 Å². The molecule has 2 aromatic carbocycles. The van der Waals surface area contributed by atoms with Gasteiger partial charge in [-0.05, 0) is 96.0 Å². The third-order valence-corrected chi connectivity index (χ3v) is 8.81. The summed E-state index contributed by atoms with van der Waals surface area (Å²) in [5.41, 5.74) is 14.9. The number of ether oxygens (including phenoxy) is 6. The van der Waals surface area contributed by atoms with E-state index in [1.807, 2.05) is 65.8 Å².